The first-order chi connectivity index (χ1) is 9.85. The van der Waals surface area contributed by atoms with Crippen molar-refractivity contribution in [3.63, 3.8) is 0 Å². The van der Waals surface area contributed by atoms with Crippen LogP contribution in [0.1, 0.15) is 52.6 Å². The predicted octanol–water partition coefficient (Wildman–Crippen LogP) is 3.85. The van der Waals surface area contributed by atoms with Gasteiger partial charge in [0.25, 0.3) is 0 Å². The van der Waals surface area contributed by atoms with E-state index in [2.05, 4.69) is 83.2 Å². The maximum absolute atomic E-state index is 5.74. The van der Waals surface area contributed by atoms with Gasteiger partial charge < -0.3 is 15.0 Å². The van der Waals surface area contributed by atoms with Gasteiger partial charge in [0, 0.05) is 5.54 Å². The maximum atomic E-state index is 5.74. The van der Waals surface area contributed by atoms with Gasteiger partial charge >= 0.3 is 0 Å². The lowest BCUT2D eigenvalue weighted by molar-refractivity contribution is 0.113. The Kier molecular flexibility index (Phi) is 6.69. The molecule has 0 saturated carbocycles. The number of hydrogen-bond acceptors (Lipinski definition) is 3. The number of hydrogen-bond donors (Lipinski definition) is 1. The number of nitrogens with zero attached hydrogens (tertiary/aromatic N) is 1. The molecule has 0 saturated heterocycles. The van der Waals surface area contributed by atoms with E-state index in [-0.39, 0.29) is 11.6 Å². The van der Waals surface area contributed by atoms with Crippen LogP contribution in [0.15, 0.2) is 24.3 Å². The molecule has 1 N–H and O–H groups in total. The highest BCUT2D eigenvalue weighted by molar-refractivity contribution is 5.31. The second-order valence-corrected chi connectivity index (χ2v) is 6.33. The third-order valence-electron chi connectivity index (χ3n) is 4.35. The lowest BCUT2D eigenvalue weighted by Crippen LogP contribution is -2.51. The molecule has 21 heavy (non-hydrogen) atoms. The molecule has 0 aliphatic rings. The molecule has 0 aliphatic heterocycles. The highest BCUT2D eigenvalue weighted by atomic mass is 16.5. The van der Waals surface area contributed by atoms with E-state index in [0.29, 0.717) is 6.04 Å². The van der Waals surface area contributed by atoms with Gasteiger partial charge in [0.2, 0.25) is 0 Å². The first-order valence-corrected chi connectivity index (χ1v) is 8.02. The monoisotopic (exact) mass is 292 g/mol. The summed E-state index contributed by atoms with van der Waals surface area (Å²) in [4.78, 5) is 2.32. The largest absolute Gasteiger partial charge is 0.491 e. The minimum absolute atomic E-state index is 0.0798. The summed E-state index contributed by atoms with van der Waals surface area (Å²) >= 11 is 0. The standard InChI is InChI=1S/C18H32N2O/c1-8-18(5,20(6)7)17(19-9-2)15-10-12-16(13-11-15)21-14(3)4/h10-14,17,19H,8-9H2,1-7H3. The average Bonchev–Trinajstić information content (AvgIpc) is 2.44. The summed E-state index contributed by atoms with van der Waals surface area (Å²) in [6.07, 6.45) is 1.30. The predicted molar refractivity (Wildman–Crippen MR) is 91.0 cm³/mol. The zero-order chi connectivity index (χ0) is 16.0. The Balaban J connectivity index is 3.05. The molecular formula is C18H32N2O. The molecule has 0 aromatic heterocycles. The van der Waals surface area contributed by atoms with Gasteiger partial charge in [-0.15, -0.1) is 0 Å². The van der Waals surface area contributed by atoms with Gasteiger partial charge in [-0.3, -0.25) is 0 Å². The first kappa shape index (κ1) is 18.0. The van der Waals surface area contributed by atoms with Crippen molar-refractivity contribution in [3.05, 3.63) is 29.8 Å². The second kappa shape index (κ2) is 7.81. The van der Waals surface area contributed by atoms with E-state index in [0.717, 1.165) is 18.7 Å². The van der Waals surface area contributed by atoms with Crippen molar-refractivity contribution >= 4 is 0 Å². The van der Waals surface area contributed by atoms with Crippen LogP contribution in [0.5, 0.6) is 5.75 Å². The van der Waals surface area contributed by atoms with Gasteiger partial charge in [0.1, 0.15) is 5.75 Å². The minimum Gasteiger partial charge on any atom is -0.491 e. The van der Waals surface area contributed by atoms with Crippen LogP contribution in [0.25, 0.3) is 0 Å². The lowest BCUT2D eigenvalue weighted by Gasteiger charge is -2.43. The number of benzene rings is 1. The zero-order valence-electron chi connectivity index (χ0n) is 14.7. The Morgan fingerprint density at radius 1 is 1.14 bits per heavy atom. The van der Waals surface area contributed by atoms with Crippen LogP contribution in [0.3, 0.4) is 0 Å². The van der Waals surface area contributed by atoms with Gasteiger partial charge in [-0.2, -0.15) is 0 Å². The molecule has 0 aliphatic carbocycles. The topological polar surface area (TPSA) is 24.5 Å². The molecule has 120 valence electrons. The number of nitrogens with one attached hydrogen (secondary N) is 1. The van der Waals surface area contributed by atoms with E-state index in [4.69, 9.17) is 4.74 Å². The third kappa shape index (κ3) is 4.45. The van der Waals surface area contributed by atoms with Crippen molar-refractivity contribution in [2.24, 2.45) is 0 Å². The lowest BCUT2D eigenvalue weighted by atomic mass is 9.83. The van der Waals surface area contributed by atoms with Gasteiger partial charge in [-0.05, 0) is 65.5 Å². The maximum Gasteiger partial charge on any atom is 0.119 e. The minimum atomic E-state index is 0.0798. The number of ether oxygens (including phenoxy) is 1. The van der Waals surface area contributed by atoms with Crippen LogP contribution in [0.4, 0.5) is 0 Å². The molecule has 1 aromatic rings. The fourth-order valence-corrected chi connectivity index (χ4v) is 2.69. The van der Waals surface area contributed by atoms with Crippen molar-refractivity contribution in [2.45, 2.75) is 58.7 Å². The summed E-state index contributed by atoms with van der Waals surface area (Å²) in [5.41, 5.74) is 1.39. The fraction of sp³-hybridized carbons (Fsp3) is 0.667. The molecule has 0 amide bonds. The highest BCUT2D eigenvalue weighted by Crippen LogP contribution is 2.33. The van der Waals surface area contributed by atoms with Gasteiger partial charge in [0.15, 0.2) is 0 Å². The number of rotatable bonds is 8. The van der Waals surface area contributed by atoms with E-state index in [1.807, 2.05) is 0 Å². The Hall–Kier alpha value is -1.06. The summed E-state index contributed by atoms with van der Waals surface area (Å²) in [5.74, 6) is 0.937. The summed E-state index contributed by atoms with van der Waals surface area (Å²) in [6.45, 7) is 11.8. The Labute approximate surface area is 130 Å². The first-order valence-electron chi connectivity index (χ1n) is 8.02. The molecule has 0 spiro atoms. The average molecular weight is 292 g/mol. The molecule has 1 rings (SSSR count). The summed E-state index contributed by atoms with van der Waals surface area (Å²) in [6, 6.07) is 8.82. The van der Waals surface area contributed by atoms with Crippen LogP contribution in [0, 0.1) is 0 Å². The van der Waals surface area contributed by atoms with E-state index in [9.17, 15) is 0 Å². The zero-order valence-corrected chi connectivity index (χ0v) is 14.7. The smallest absolute Gasteiger partial charge is 0.119 e. The van der Waals surface area contributed by atoms with Gasteiger partial charge in [-0.25, -0.2) is 0 Å². The van der Waals surface area contributed by atoms with Gasteiger partial charge in [0.05, 0.1) is 12.1 Å². The molecule has 0 bridgehead atoms. The molecule has 3 nitrogen and oxygen atoms in total. The van der Waals surface area contributed by atoms with Crippen LogP contribution in [-0.4, -0.2) is 37.2 Å². The van der Waals surface area contributed by atoms with Gasteiger partial charge in [-0.1, -0.05) is 26.0 Å². The molecule has 2 unspecified atom stereocenters. The Bertz CT molecular complexity index is 414. The highest BCUT2D eigenvalue weighted by Gasteiger charge is 2.35. The summed E-state index contributed by atoms with van der Waals surface area (Å²) in [7, 11) is 4.31. The molecular weight excluding hydrogens is 260 g/mol. The molecule has 1 aromatic carbocycles. The van der Waals surface area contributed by atoms with Crippen molar-refractivity contribution < 1.29 is 4.74 Å². The third-order valence-corrected chi connectivity index (χ3v) is 4.35. The summed E-state index contributed by atoms with van der Waals surface area (Å²) < 4.78 is 5.74. The molecule has 2 atom stereocenters. The summed E-state index contributed by atoms with van der Waals surface area (Å²) in [5, 5.41) is 3.65. The quantitative estimate of drug-likeness (QED) is 0.787. The van der Waals surface area contributed by atoms with E-state index in [1.165, 1.54) is 5.56 Å². The van der Waals surface area contributed by atoms with E-state index in [1.54, 1.807) is 0 Å². The fourth-order valence-electron chi connectivity index (χ4n) is 2.69. The number of likely N-dealkylation sites (N-methyl/N-ethyl adjacent to an activating group) is 2. The van der Waals surface area contributed by atoms with E-state index >= 15 is 0 Å². The normalized spacial score (nSPS) is 16.0. The van der Waals surface area contributed by atoms with Crippen LogP contribution >= 0.6 is 0 Å². The van der Waals surface area contributed by atoms with Crippen LogP contribution in [0.2, 0.25) is 0 Å². The Morgan fingerprint density at radius 2 is 1.71 bits per heavy atom. The molecule has 0 heterocycles. The second-order valence-electron chi connectivity index (χ2n) is 6.33. The SMILES string of the molecule is CCNC(c1ccc(OC(C)C)cc1)C(C)(CC)N(C)C. The molecule has 3 heteroatoms. The molecule has 0 fully saturated rings. The molecule has 0 radical (unpaired) electrons. The van der Waals surface area contributed by atoms with E-state index < -0.39 is 0 Å². The van der Waals surface area contributed by atoms with Crippen LogP contribution < -0.4 is 10.1 Å². The van der Waals surface area contributed by atoms with Crippen LogP contribution in [-0.2, 0) is 0 Å². The Morgan fingerprint density at radius 3 is 2.10 bits per heavy atom. The van der Waals surface area contributed by atoms with Crippen molar-refractivity contribution in [1.82, 2.24) is 10.2 Å². The van der Waals surface area contributed by atoms with Crippen molar-refractivity contribution in [3.8, 4) is 5.75 Å². The van der Waals surface area contributed by atoms with Crippen molar-refractivity contribution in [1.29, 1.82) is 0 Å². The van der Waals surface area contributed by atoms with Crippen molar-refractivity contribution in [2.75, 3.05) is 20.6 Å².